The highest BCUT2D eigenvalue weighted by molar-refractivity contribution is 5.97. The predicted molar refractivity (Wildman–Crippen MR) is 71.7 cm³/mol. The zero-order valence-electron chi connectivity index (χ0n) is 11.4. The highest BCUT2D eigenvalue weighted by Gasteiger charge is 2.17. The average molecular weight is 269 g/mol. The van der Waals surface area contributed by atoms with E-state index in [1.165, 1.54) is 6.07 Å². The first-order valence-electron chi connectivity index (χ1n) is 5.90. The van der Waals surface area contributed by atoms with Gasteiger partial charge in [0, 0.05) is 30.3 Å². The Bertz CT molecular complexity index is 461. The Morgan fingerprint density at radius 3 is 2.74 bits per heavy atom. The standard InChI is InChI=1S/C13H20FN3O2/c1-13(2,8-19-3)16-7-10-5-4-9(6-11(10)14)12(15)17-18/h4-6,16,18H,7-8H2,1-3H3,(H2,15,17). The van der Waals surface area contributed by atoms with Crippen LogP contribution in [-0.2, 0) is 11.3 Å². The van der Waals surface area contributed by atoms with Crippen LogP contribution in [0.15, 0.2) is 23.4 Å². The Morgan fingerprint density at radius 2 is 2.21 bits per heavy atom. The van der Waals surface area contributed by atoms with Crippen LogP contribution >= 0.6 is 0 Å². The van der Waals surface area contributed by atoms with E-state index in [1.807, 2.05) is 13.8 Å². The number of amidine groups is 1. The van der Waals surface area contributed by atoms with Crippen molar-refractivity contribution in [2.24, 2.45) is 10.9 Å². The predicted octanol–water partition coefficient (Wildman–Crippen LogP) is 1.43. The van der Waals surface area contributed by atoms with E-state index in [2.05, 4.69) is 10.5 Å². The van der Waals surface area contributed by atoms with Crippen molar-refractivity contribution >= 4 is 5.84 Å². The van der Waals surface area contributed by atoms with Gasteiger partial charge in [0.25, 0.3) is 0 Å². The summed E-state index contributed by atoms with van der Waals surface area (Å²) in [6, 6.07) is 4.46. The van der Waals surface area contributed by atoms with E-state index in [1.54, 1.807) is 19.2 Å². The summed E-state index contributed by atoms with van der Waals surface area (Å²) < 4.78 is 18.9. The monoisotopic (exact) mass is 269 g/mol. The second-order valence-corrected chi connectivity index (χ2v) is 4.96. The number of halogens is 1. The van der Waals surface area contributed by atoms with E-state index in [4.69, 9.17) is 15.7 Å². The number of hydrogen-bond acceptors (Lipinski definition) is 4. The van der Waals surface area contributed by atoms with Gasteiger partial charge in [-0.05, 0) is 19.9 Å². The molecule has 0 aliphatic rings. The van der Waals surface area contributed by atoms with Crippen LogP contribution in [0.4, 0.5) is 4.39 Å². The van der Waals surface area contributed by atoms with E-state index < -0.39 is 5.82 Å². The molecule has 0 fully saturated rings. The molecule has 0 radical (unpaired) electrons. The third-order valence-corrected chi connectivity index (χ3v) is 2.72. The van der Waals surface area contributed by atoms with Gasteiger partial charge in [0.05, 0.1) is 6.61 Å². The molecular formula is C13H20FN3O2. The van der Waals surface area contributed by atoms with E-state index in [-0.39, 0.29) is 11.4 Å². The normalized spacial score (nSPS) is 12.7. The SMILES string of the molecule is COCC(C)(C)NCc1ccc(/C(N)=N/O)cc1F. The molecular weight excluding hydrogens is 249 g/mol. The fourth-order valence-corrected chi connectivity index (χ4v) is 1.65. The maximum atomic E-state index is 13.8. The minimum atomic E-state index is -0.398. The molecule has 1 aromatic rings. The summed E-state index contributed by atoms with van der Waals surface area (Å²) >= 11 is 0. The van der Waals surface area contributed by atoms with Gasteiger partial charge in [-0.15, -0.1) is 0 Å². The number of nitrogens with zero attached hydrogens (tertiary/aromatic N) is 1. The number of nitrogens with two attached hydrogens (primary N) is 1. The summed E-state index contributed by atoms with van der Waals surface area (Å²) in [6.07, 6.45) is 0. The minimum Gasteiger partial charge on any atom is -0.409 e. The van der Waals surface area contributed by atoms with Gasteiger partial charge in [-0.3, -0.25) is 0 Å². The zero-order chi connectivity index (χ0) is 14.5. The molecule has 0 atom stereocenters. The molecule has 0 unspecified atom stereocenters. The van der Waals surface area contributed by atoms with Gasteiger partial charge in [-0.2, -0.15) is 0 Å². The van der Waals surface area contributed by atoms with Crippen molar-refractivity contribution < 1.29 is 14.3 Å². The molecule has 106 valence electrons. The quantitative estimate of drug-likeness (QED) is 0.316. The van der Waals surface area contributed by atoms with Gasteiger partial charge in [0.15, 0.2) is 5.84 Å². The lowest BCUT2D eigenvalue weighted by atomic mass is 10.1. The van der Waals surface area contributed by atoms with Gasteiger partial charge >= 0.3 is 0 Å². The summed E-state index contributed by atoms with van der Waals surface area (Å²) in [5.41, 5.74) is 6.01. The van der Waals surface area contributed by atoms with E-state index >= 15 is 0 Å². The second-order valence-electron chi connectivity index (χ2n) is 4.96. The molecule has 4 N–H and O–H groups in total. The van der Waals surface area contributed by atoms with Gasteiger partial charge in [-0.25, -0.2) is 4.39 Å². The smallest absolute Gasteiger partial charge is 0.170 e. The lowest BCUT2D eigenvalue weighted by Crippen LogP contribution is -2.42. The molecule has 0 aromatic heterocycles. The summed E-state index contributed by atoms with van der Waals surface area (Å²) in [5, 5.41) is 14.6. The summed E-state index contributed by atoms with van der Waals surface area (Å²) in [4.78, 5) is 0. The molecule has 0 aliphatic heterocycles. The average Bonchev–Trinajstić information content (AvgIpc) is 2.36. The second kappa shape index (κ2) is 6.49. The maximum absolute atomic E-state index is 13.8. The van der Waals surface area contributed by atoms with Crippen LogP contribution in [0.1, 0.15) is 25.0 Å². The number of benzene rings is 1. The first-order valence-corrected chi connectivity index (χ1v) is 5.90. The topological polar surface area (TPSA) is 79.9 Å². The highest BCUT2D eigenvalue weighted by Crippen LogP contribution is 2.12. The lowest BCUT2D eigenvalue weighted by Gasteiger charge is -2.25. The fourth-order valence-electron chi connectivity index (χ4n) is 1.65. The number of rotatable bonds is 6. The maximum Gasteiger partial charge on any atom is 0.170 e. The van der Waals surface area contributed by atoms with Crippen molar-refractivity contribution in [3.05, 3.63) is 35.1 Å². The molecule has 0 aliphatic carbocycles. The van der Waals surface area contributed by atoms with Crippen molar-refractivity contribution in [3.63, 3.8) is 0 Å². The molecule has 0 bridgehead atoms. The number of nitrogens with one attached hydrogen (secondary N) is 1. The first kappa shape index (κ1) is 15.4. The third kappa shape index (κ3) is 4.50. The molecule has 0 saturated carbocycles. The molecule has 0 saturated heterocycles. The molecule has 1 aromatic carbocycles. The summed E-state index contributed by atoms with van der Waals surface area (Å²) in [7, 11) is 1.62. The van der Waals surface area contributed by atoms with E-state index in [0.717, 1.165) is 0 Å². The van der Waals surface area contributed by atoms with Crippen LogP contribution in [0, 0.1) is 5.82 Å². The van der Waals surface area contributed by atoms with Crippen LogP contribution in [0.5, 0.6) is 0 Å². The van der Waals surface area contributed by atoms with Crippen molar-refractivity contribution in [3.8, 4) is 0 Å². The number of methoxy groups -OCH3 is 1. The Hall–Kier alpha value is -1.66. The van der Waals surface area contributed by atoms with E-state index in [0.29, 0.717) is 24.3 Å². The van der Waals surface area contributed by atoms with Crippen molar-refractivity contribution in [2.75, 3.05) is 13.7 Å². The highest BCUT2D eigenvalue weighted by atomic mass is 19.1. The third-order valence-electron chi connectivity index (χ3n) is 2.72. The lowest BCUT2D eigenvalue weighted by molar-refractivity contribution is 0.127. The molecule has 0 heterocycles. The molecule has 6 heteroatoms. The van der Waals surface area contributed by atoms with Gasteiger partial charge < -0.3 is 21.0 Å². The number of hydrogen-bond donors (Lipinski definition) is 3. The number of oxime groups is 1. The first-order chi connectivity index (χ1) is 8.89. The minimum absolute atomic E-state index is 0.113. The summed E-state index contributed by atoms with van der Waals surface area (Å²) in [6.45, 7) is 4.84. The Labute approximate surface area is 112 Å². The molecule has 1 rings (SSSR count). The zero-order valence-corrected chi connectivity index (χ0v) is 11.4. The van der Waals surface area contributed by atoms with Crippen LogP contribution in [-0.4, -0.2) is 30.3 Å². The molecule has 19 heavy (non-hydrogen) atoms. The van der Waals surface area contributed by atoms with Crippen molar-refractivity contribution in [1.82, 2.24) is 5.32 Å². The van der Waals surface area contributed by atoms with Crippen LogP contribution in [0.2, 0.25) is 0 Å². The molecule has 5 nitrogen and oxygen atoms in total. The Kier molecular flexibility index (Phi) is 5.26. The van der Waals surface area contributed by atoms with Crippen molar-refractivity contribution in [2.45, 2.75) is 25.9 Å². The largest absolute Gasteiger partial charge is 0.409 e. The Balaban J connectivity index is 2.76. The van der Waals surface area contributed by atoms with Crippen LogP contribution in [0.3, 0.4) is 0 Å². The van der Waals surface area contributed by atoms with E-state index in [9.17, 15) is 4.39 Å². The molecule has 0 amide bonds. The Morgan fingerprint density at radius 1 is 1.53 bits per heavy atom. The van der Waals surface area contributed by atoms with Crippen molar-refractivity contribution in [1.29, 1.82) is 0 Å². The molecule has 0 spiro atoms. The fraction of sp³-hybridized carbons (Fsp3) is 0.462. The van der Waals surface area contributed by atoms with Crippen LogP contribution in [0.25, 0.3) is 0 Å². The van der Waals surface area contributed by atoms with Gasteiger partial charge in [-0.1, -0.05) is 17.3 Å². The van der Waals surface area contributed by atoms with Crippen LogP contribution < -0.4 is 11.1 Å². The summed E-state index contributed by atoms with van der Waals surface area (Å²) in [5.74, 6) is -0.511. The number of ether oxygens (including phenoxy) is 1. The van der Waals surface area contributed by atoms with Gasteiger partial charge in [0.1, 0.15) is 5.82 Å². The van der Waals surface area contributed by atoms with Gasteiger partial charge in [0.2, 0.25) is 0 Å².